The number of carbonyl (C=O) groups is 1. The molecule has 0 saturated heterocycles. The third kappa shape index (κ3) is 2.20. The van der Waals surface area contributed by atoms with E-state index in [-0.39, 0.29) is 17.4 Å². The maximum Gasteiger partial charge on any atom is 0.324 e. The quantitative estimate of drug-likeness (QED) is 0.890. The van der Waals surface area contributed by atoms with Gasteiger partial charge in [0.1, 0.15) is 0 Å². The molecule has 0 radical (unpaired) electrons. The number of hydrogen-bond acceptors (Lipinski definition) is 4. The predicted octanol–water partition coefficient (Wildman–Crippen LogP) is 1.49. The van der Waals surface area contributed by atoms with Crippen molar-refractivity contribution >= 4 is 21.5 Å². The zero-order valence-corrected chi connectivity index (χ0v) is 11.9. The van der Waals surface area contributed by atoms with E-state index in [0.29, 0.717) is 5.69 Å². The molecule has 1 atom stereocenters. The molecule has 1 unspecified atom stereocenters. The molecule has 0 bridgehead atoms. The third-order valence-corrected chi connectivity index (χ3v) is 5.50. The van der Waals surface area contributed by atoms with Crippen molar-refractivity contribution in [2.45, 2.75) is 29.9 Å². The maximum atomic E-state index is 12.4. The van der Waals surface area contributed by atoms with Crippen LogP contribution in [-0.2, 0) is 14.6 Å². The number of carboxylic acids is 1. The molecule has 1 heterocycles. The number of sulfone groups is 1. The van der Waals surface area contributed by atoms with Gasteiger partial charge < -0.3 is 10.0 Å². The number of benzene rings is 1. The summed E-state index contributed by atoms with van der Waals surface area (Å²) in [6.45, 7) is 3.91. The Morgan fingerprint density at radius 3 is 2.58 bits per heavy atom. The second kappa shape index (κ2) is 4.52. The summed E-state index contributed by atoms with van der Waals surface area (Å²) in [6, 6.07) is 5.23. The zero-order valence-electron chi connectivity index (χ0n) is 11.1. The lowest BCUT2D eigenvalue weighted by Crippen LogP contribution is -2.45. The van der Waals surface area contributed by atoms with E-state index in [4.69, 9.17) is 5.11 Å². The minimum absolute atomic E-state index is 0.0221. The molecular weight excluding hydrogens is 266 g/mol. The molecule has 0 fully saturated rings. The fourth-order valence-electron chi connectivity index (χ4n) is 2.24. The van der Waals surface area contributed by atoms with E-state index in [2.05, 4.69) is 0 Å². The normalized spacial score (nSPS) is 21.3. The fourth-order valence-corrected chi connectivity index (χ4v) is 4.05. The van der Waals surface area contributed by atoms with Crippen molar-refractivity contribution in [1.29, 1.82) is 0 Å². The van der Waals surface area contributed by atoms with Gasteiger partial charge in [-0.2, -0.15) is 0 Å². The molecule has 0 aromatic heterocycles. The van der Waals surface area contributed by atoms with Gasteiger partial charge in [-0.25, -0.2) is 8.42 Å². The average molecular weight is 283 g/mol. The van der Waals surface area contributed by atoms with Crippen LogP contribution in [-0.4, -0.2) is 38.3 Å². The molecular formula is C13H17NO4S. The number of nitrogens with zero attached hydrogens (tertiary/aromatic N) is 1. The van der Waals surface area contributed by atoms with Gasteiger partial charge in [0, 0.05) is 13.6 Å². The molecule has 1 aromatic rings. The lowest BCUT2D eigenvalue weighted by molar-refractivity contribution is -0.136. The van der Waals surface area contributed by atoms with E-state index in [1.165, 1.54) is 0 Å². The van der Waals surface area contributed by atoms with Crippen molar-refractivity contribution in [3.63, 3.8) is 0 Å². The van der Waals surface area contributed by atoms with E-state index in [0.717, 1.165) is 5.56 Å². The van der Waals surface area contributed by atoms with Crippen LogP contribution in [0.1, 0.15) is 25.3 Å². The number of fused-ring (bicyclic) bond motifs is 1. The average Bonchev–Trinajstić information content (AvgIpc) is 2.33. The van der Waals surface area contributed by atoms with Gasteiger partial charge in [-0.1, -0.05) is 19.9 Å². The SMILES string of the molecule is CC(C)c1ccc2c(c1)S(=O)(=O)C(C(=O)O)CN2C. The Morgan fingerprint density at radius 1 is 1.42 bits per heavy atom. The minimum Gasteiger partial charge on any atom is -0.480 e. The van der Waals surface area contributed by atoms with E-state index in [1.807, 2.05) is 19.9 Å². The number of aliphatic carboxylic acids is 1. The summed E-state index contributed by atoms with van der Waals surface area (Å²) in [6.07, 6.45) is 0. The molecule has 0 aliphatic carbocycles. The molecule has 5 nitrogen and oxygen atoms in total. The van der Waals surface area contributed by atoms with Gasteiger partial charge in [0.2, 0.25) is 0 Å². The molecule has 1 aromatic carbocycles. The Balaban J connectivity index is 2.66. The highest BCUT2D eigenvalue weighted by molar-refractivity contribution is 7.93. The second-order valence-electron chi connectivity index (χ2n) is 5.13. The minimum atomic E-state index is -3.81. The number of anilines is 1. The molecule has 19 heavy (non-hydrogen) atoms. The van der Waals surface area contributed by atoms with Crippen LogP contribution in [0.2, 0.25) is 0 Å². The molecule has 2 rings (SSSR count). The number of carboxylic acid groups (broad SMARTS) is 1. The Hall–Kier alpha value is -1.56. The highest BCUT2D eigenvalue weighted by atomic mass is 32.2. The largest absolute Gasteiger partial charge is 0.480 e. The standard InChI is InChI=1S/C13H17NO4S/c1-8(2)9-4-5-10-11(6-9)19(17,18)12(13(15)16)7-14(10)3/h4-6,8,12H,7H2,1-3H3,(H,15,16). The zero-order chi connectivity index (χ0) is 14.4. The Kier molecular flexibility index (Phi) is 3.30. The third-order valence-electron chi connectivity index (χ3n) is 3.46. The van der Waals surface area contributed by atoms with Crippen molar-refractivity contribution in [2.75, 3.05) is 18.5 Å². The first kappa shape index (κ1) is 13.9. The van der Waals surface area contributed by atoms with Crippen LogP contribution in [0.5, 0.6) is 0 Å². The summed E-state index contributed by atoms with van der Waals surface area (Å²) in [7, 11) is -2.11. The topological polar surface area (TPSA) is 74.7 Å². The van der Waals surface area contributed by atoms with E-state index < -0.39 is 21.1 Å². The van der Waals surface area contributed by atoms with Crippen molar-refractivity contribution in [3.05, 3.63) is 23.8 Å². The summed E-state index contributed by atoms with van der Waals surface area (Å²) in [4.78, 5) is 12.9. The molecule has 6 heteroatoms. The van der Waals surface area contributed by atoms with Crippen LogP contribution < -0.4 is 4.90 Å². The van der Waals surface area contributed by atoms with E-state index >= 15 is 0 Å². The molecule has 1 aliphatic rings. The van der Waals surface area contributed by atoms with Crippen LogP contribution in [0.25, 0.3) is 0 Å². The van der Waals surface area contributed by atoms with Gasteiger partial charge in [0.05, 0.1) is 10.6 Å². The smallest absolute Gasteiger partial charge is 0.324 e. The van der Waals surface area contributed by atoms with Crippen LogP contribution >= 0.6 is 0 Å². The molecule has 0 amide bonds. The van der Waals surface area contributed by atoms with Gasteiger partial charge in [-0.3, -0.25) is 4.79 Å². The summed E-state index contributed by atoms with van der Waals surface area (Å²) < 4.78 is 24.7. The monoisotopic (exact) mass is 283 g/mol. The molecule has 0 saturated carbocycles. The van der Waals surface area contributed by atoms with Crippen LogP contribution in [0.4, 0.5) is 5.69 Å². The predicted molar refractivity (Wildman–Crippen MR) is 72.4 cm³/mol. The number of rotatable bonds is 2. The van der Waals surface area contributed by atoms with Crippen LogP contribution in [0, 0.1) is 0 Å². The van der Waals surface area contributed by atoms with Crippen molar-refractivity contribution in [2.24, 2.45) is 0 Å². The first-order chi connectivity index (χ1) is 8.75. The van der Waals surface area contributed by atoms with E-state index in [9.17, 15) is 13.2 Å². The number of hydrogen-bond donors (Lipinski definition) is 1. The Morgan fingerprint density at radius 2 is 2.05 bits per heavy atom. The van der Waals surface area contributed by atoms with Crippen molar-refractivity contribution in [1.82, 2.24) is 0 Å². The Bertz CT molecular complexity index is 622. The Labute approximate surface area is 112 Å². The first-order valence-electron chi connectivity index (χ1n) is 6.07. The summed E-state index contributed by atoms with van der Waals surface area (Å²) >= 11 is 0. The summed E-state index contributed by atoms with van der Waals surface area (Å²) in [5, 5.41) is 7.69. The van der Waals surface area contributed by atoms with E-state index in [1.54, 1.807) is 24.1 Å². The van der Waals surface area contributed by atoms with Gasteiger partial charge in [0.25, 0.3) is 0 Å². The molecule has 0 spiro atoms. The van der Waals surface area contributed by atoms with Gasteiger partial charge in [0.15, 0.2) is 15.1 Å². The molecule has 104 valence electrons. The maximum absolute atomic E-state index is 12.4. The first-order valence-corrected chi connectivity index (χ1v) is 7.61. The van der Waals surface area contributed by atoms with Gasteiger partial charge in [-0.15, -0.1) is 0 Å². The van der Waals surface area contributed by atoms with Gasteiger partial charge >= 0.3 is 5.97 Å². The van der Waals surface area contributed by atoms with Crippen LogP contribution in [0.3, 0.4) is 0 Å². The molecule has 1 aliphatic heterocycles. The molecule has 1 N–H and O–H groups in total. The summed E-state index contributed by atoms with van der Waals surface area (Å²) in [5.74, 6) is -1.11. The van der Waals surface area contributed by atoms with Crippen molar-refractivity contribution < 1.29 is 18.3 Å². The fraction of sp³-hybridized carbons (Fsp3) is 0.462. The summed E-state index contributed by atoms with van der Waals surface area (Å²) in [5.41, 5.74) is 1.46. The second-order valence-corrected chi connectivity index (χ2v) is 7.23. The van der Waals surface area contributed by atoms with Crippen LogP contribution in [0.15, 0.2) is 23.1 Å². The highest BCUT2D eigenvalue weighted by Crippen LogP contribution is 2.35. The lowest BCUT2D eigenvalue weighted by atomic mass is 10.0. The highest BCUT2D eigenvalue weighted by Gasteiger charge is 2.41. The lowest BCUT2D eigenvalue weighted by Gasteiger charge is -2.31. The van der Waals surface area contributed by atoms with Crippen molar-refractivity contribution in [3.8, 4) is 0 Å². The van der Waals surface area contributed by atoms with Gasteiger partial charge in [-0.05, 0) is 23.6 Å².